The summed E-state index contributed by atoms with van der Waals surface area (Å²) in [4.78, 5) is 27.1. The Bertz CT molecular complexity index is 883. The van der Waals surface area contributed by atoms with Crippen molar-refractivity contribution in [2.45, 2.75) is 33.4 Å². The maximum atomic E-state index is 12.8. The molecule has 2 N–H and O–H groups in total. The van der Waals surface area contributed by atoms with E-state index in [1.54, 1.807) is 22.7 Å². The number of carbonyl (C=O) groups excluding carboxylic acids is 2. The molecule has 0 aromatic heterocycles. The van der Waals surface area contributed by atoms with Gasteiger partial charge in [0.25, 0.3) is 0 Å². The Morgan fingerprint density at radius 1 is 1.17 bits per heavy atom. The Morgan fingerprint density at radius 3 is 2.55 bits per heavy atom. The van der Waals surface area contributed by atoms with E-state index in [1.165, 1.54) is 0 Å². The van der Waals surface area contributed by atoms with Gasteiger partial charge in [-0.15, -0.1) is 11.8 Å². The molecule has 5 nitrogen and oxygen atoms in total. The topological polar surface area (TPSA) is 61.4 Å². The first-order valence-corrected chi connectivity index (χ1v) is 11.1. The highest BCUT2D eigenvalue weighted by Crippen LogP contribution is 2.29. The van der Waals surface area contributed by atoms with Crippen molar-refractivity contribution < 1.29 is 9.59 Å². The third kappa shape index (κ3) is 5.46. The van der Waals surface area contributed by atoms with Crippen LogP contribution in [0, 0.1) is 5.41 Å². The van der Waals surface area contributed by atoms with Crippen LogP contribution in [0.2, 0.25) is 5.02 Å². The monoisotopic (exact) mass is 431 g/mol. The summed E-state index contributed by atoms with van der Waals surface area (Å²) in [6, 6.07) is 15.0. The van der Waals surface area contributed by atoms with Gasteiger partial charge in [0.2, 0.25) is 11.8 Å². The maximum absolute atomic E-state index is 12.8. The average molecular weight is 432 g/mol. The fourth-order valence-electron chi connectivity index (χ4n) is 3.05. The average Bonchev–Trinajstić information content (AvgIpc) is 3.16. The first kappa shape index (κ1) is 21.5. The van der Waals surface area contributed by atoms with Crippen LogP contribution in [-0.4, -0.2) is 34.4 Å². The lowest BCUT2D eigenvalue weighted by atomic mass is 9.94. The summed E-state index contributed by atoms with van der Waals surface area (Å²) in [5.41, 5.74) is 2.06. The second kappa shape index (κ2) is 9.09. The van der Waals surface area contributed by atoms with Crippen LogP contribution in [0.4, 0.5) is 11.4 Å². The molecular weight excluding hydrogens is 406 g/mol. The zero-order valence-corrected chi connectivity index (χ0v) is 18.4. The van der Waals surface area contributed by atoms with Gasteiger partial charge in [-0.1, -0.05) is 62.7 Å². The van der Waals surface area contributed by atoms with E-state index in [4.69, 9.17) is 11.6 Å². The predicted molar refractivity (Wildman–Crippen MR) is 121 cm³/mol. The number of carbonyl (C=O) groups is 2. The van der Waals surface area contributed by atoms with Crippen LogP contribution in [0.25, 0.3) is 0 Å². The van der Waals surface area contributed by atoms with Gasteiger partial charge in [-0.3, -0.25) is 9.59 Å². The zero-order chi connectivity index (χ0) is 21.0. The summed E-state index contributed by atoms with van der Waals surface area (Å²) in [7, 11) is 0. The molecular formula is C22H26ClN3O2S. The minimum Gasteiger partial charge on any atom is -0.380 e. The molecule has 3 rings (SSSR count). The molecule has 1 aliphatic heterocycles. The van der Waals surface area contributed by atoms with Crippen molar-refractivity contribution in [3.8, 4) is 0 Å². The van der Waals surface area contributed by atoms with E-state index in [2.05, 4.69) is 10.6 Å². The standard InChI is InChI=1S/C22H26ClN3O2S/c1-22(2,3)21(28)26-14-29-13-19(26)20(27)25-16-9-10-18(17(23)11-16)24-12-15-7-5-4-6-8-15/h4-11,19,24H,12-14H2,1-3H3,(H,25,27). The van der Waals surface area contributed by atoms with Crippen molar-refractivity contribution in [1.29, 1.82) is 0 Å². The number of anilines is 2. The van der Waals surface area contributed by atoms with Gasteiger partial charge < -0.3 is 15.5 Å². The van der Waals surface area contributed by atoms with E-state index in [9.17, 15) is 9.59 Å². The lowest BCUT2D eigenvalue weighted by molar-refractivity contribution is -0.143. The van der Waals surface area contributed by atoms with Crippen molar-refractivity contribution in [3.63, 3.8) is 0 Å². The van der Waals surface area contributed by atoms with Gasteiger partial charge in [-0.05, 0) is 23.8 Å². The van der Waals surface area contributed by atoms with Gasteiger partial charge in [0.05, 0.1) is 16.6 Å². The van der Waals surface area contributed by atoms with E-state index in [0.717, 1.165) is 11.3 Å². The van der Waals surface area contributed by atoms with Gasteiger partial charge >= 0.3 is 0 Å². The lowest BCUT2D eigenvalue weighted by Crippen LogP contribution is -2.48. The molecule has 2 aromatic carbocycles. The third-order valence-corrected chi connectivity index (χ3v) is 5.97. The normalized spacial score (nSPS) is 16.6. The van der Waals surface area contributed by atoms with Gasteiger partial charge in [0, 0.05) is 23.4 Å². The van der Waals surface area contributed by atoms with Crippen molar-refractivity contribution in [2.75, 3.05) is 22.3 Å². The fourth-order valence-corrected chi connectivity index (χ4v) is 4.45. The summed E-state index contributed by atoms with van der Waals surface area (Å²) < 4.78 is 0. The number of halogens is 1. The molecule has 1 aliphatic rings. The van der Waals surface area contributed by atoms with Crippen molar-refractivity contribution >= 4 is 46.6 Å². The van der Waals surface area contributed by atoms with Gasteiger partial charge in [-0.2, -0.15) is 0 Å². The Balaban J connectivity index is 1.63. The van der Waals surface area contributed by atoms with Gasteiger partial charge in [0.1, 0.15) is 6.04 Å². The summed E-state index contributed by atoms with van der Waals surface area (Å²) >= 11 is 7.99. The second-order valence-corrected chi connectivity index (χ2v) is 9.47. The zero-order valence-electron chi connectivity index (χ0n) is 16.9. The van der Waals surface area contributed by atoms with Crippen molar-refractivity contribution in [3.05, 3.63) is 59.1 Å². The van der Waals surface area contributed by atoms with E-state index < -0.39 is 11.5 Å². The predicted octanol–water partition coefficient (Wildman–Crippen LogP) is 4.84. The largest absolute Gasteiger partial charge is 0.380 e. The highest BCUT2D eigenvalue weighted by Gasteiger charge is 2.39. The summed E-state index contributed by atoms with van der Waals surface area (Å²) in [5.74, 6) is 0.935. The first-order valence-electron chi connectivity index (χ1n) is 9.53. The maximum Gasteiger partial charge on any atom is 0.248 e. The molecule has 1 fully saturated rings. The Hall–Kier alpha value is -2.18. The van der Waals surface area contributed by atoms with Crippen LogP contribution >= 0.6 is 23.4 Å². The highest BCUT2D eigenvalue weighted by molar-refractivity contribution is 7.99. The molecule has 0 radical (unpaired) electrons. The third-order valence-electron chi connectivity index (χ3n) is 4.65. The number of rotatable bonds is 5. The molecule has 0 aliphatic carbocycles. The lowest BCUT2D eigenvalue weighted by Gasteiger charge is -2.29. The van der Waals surface area contributed by atoms with Crippen LogP contribution in [-0.2, 0) is 16.1 Å². The summed E-state index contributed by atoms with van der Waals surface area (Å²) in [6.45, 7) is 6.27. The van der Waals surface area contributed by atoms with Crippen LogP contribution in [0.5, 0.6) is 0 Å². The second-order valence-electron chi connectivity index (χ2n) is 8.06. The molecule has 1 atom stereocenters. The molecule has 29 heavy (non-hydrogen) atoms. The number of hydrogen-bond donors (Lipinski definition) is 2. The number of benzene rings is 2. The van der Waals surface area contributed by atoms with Crippen LogP contribution in [0.15, 0.2) is 48.5 Å². The molecule has 7 heteroatoms. The van der Waals surface area contributed by atoms with E-state index in [1.807, 2.05) is 63.2 Å². The van der Waals surface area contributed by atoms with Crippen LogP contribution in [0.3, 0.4) is 0 Å². The van der Waals surface area contributed by atoms with E-state index in [0.29, 0.717) is 28.9 Å². The molecule has 1 unspecified atom stereocenters. The highest BCUT2D eigenvalue weighted by atomic mass is 35.5. The molecule has 0 saturated carbocycles. The number of amides is 2. The quantitative estimate of drug-likeness (QED) is 0.711. The van der Waals surface area contributed by atoms with Crippen LogP contribution in [0.1, 0.15) is 26.3 Å². The summed E-state index contributed by atoms with van der Waals surface area (Å²) in [6.07, 6.45) is 0. The smallest absolute Gasteiger partial charge is 0.248 e. The molecule has 0 spiro atoms. The van der Waals surface area contributed by atoms with E-state index >= 15 is 0 Å². The Labute approximate surface area is 181 Å². The van der Waals surface area contributed by atoms with Gasteiger partial charge in [0.15, 0.2) is 0 Å². The number of hydrogen-bond acceptors (Lipinski definition) is 4. The molecule has 154 valence electrons. The minimum absolute atomic E-state index is 0.0128. The Morgan fingerprint density at radius 2 is 1.90 bits per heavy atom. The molecule has 1 saturated heterocycles. The number of thioether (sulfide) groups is 1. The molecule has 2 amide bonds. The number of nitrogens with zero attached hydrogens (tertiary/aromatic N) is 1. The van der Waals surface area contributed by atoms with Crippen molar-refractivity contribution in [2.24, 2.45) is 5.41 Å². The SMILES string of the molecule is CC(C)(C)C(=O)N1CSCC1C(=O)Nc1ccc(NCc2ccccc2)c(Cl)c1. The number of nitrogens with one attached hydrogen (secondary N) is 2. The Kier molecular flexibility index (Phi) is 6.75. The van der Waals surface area contributed by atoms with Gasteiger partial charge in [-0.25, -0.2) is 0 Å². The van der Waals surface area contributed by atoms with Crippen LogP contribution < -0.4 is 10.6 Å². The fraction of sp³-hybridized carbons (Fsp3) is 0.364. The van der Waals surface area contributed by atoms with Crippen molar-refractivity contribution in [1.82, 2.24) is 4.90 Å². The van der Waals surface area contributed by atoms with E-state index in [-0.39, 0.29) is 11.8 Å². The molecule has 1 heterocycles. The summed E-state index contributed by atoms with van der Waals surface area (Å²) in [5, 5.41) is 6.74. The molecule has 0 bridgehead atoms. The minimum atomic E-state index is -0.515. The molecule has 2 aromatic rings. The first-order chi connectivity index (χ1) is 13.8.